The summed E-state index contributed by atoms with van der Waals surface area (Å²) in [7, 11) is 1.56. The van der Waals surface area contributed by atoms with Gasteiger partial charge in [-0.05, 0) is 30.2 Å². The van der Waals surface area contributed by atoms with Gasteiger partial charge in [0.25, 0.3) is 0 Å². The van der Waals surface area contributed by atoms with Gasteiger partial charge in [-0.15, -0.1) is 0 Å². The molecule has 0 aromatic heterocycles. The molecule has 110 valence electrons. The highest BCUT2D eigenvalue weighted by molar-refractivity contribution is 6.33. The van der Waals surface area contributed by atoms with Crippen LogP contribution in [0.2, 0.25) is 5.02 Å². The largest absolute Gasteiger partial charge is 0.497 e. The topological polar surface area (TPSA) is 64.3 Å². The molecule has 0 fully saturated rings. The lowest BCUT2D eigenvalue weighted by Gasteiger charge is -2.09. The lowest BCUT2D eigenvalue weighted by Crippen LogP contribution is -2.13. The van der Waals surface area contributed by atoms with E-state index < -0.39 is 0 Å². The normalized spacial score (nSPS) is 10.2. The molecule has 0 radical (unpaired) electrons. The fourth-order valence-electron chi connectivity index (χ4n) is 1.95. The third-order valence-corrected chi connectivity index (χ3v) is 3.45. The Kier molecular flexibility index (Phi) is 5.06. The molecule has 2 rings (SSSR count). The lowest BCUT2D eigenvalue weighted by atomic mass is 10.1. The first kappa shape index (κ1) is 15.2. The molecule has 4 nitrogen and oxygen atoms in total. The van der Waals surface area contributed by atoms with Crippen LogP contribution in [0.3, 0.4) is 0 Å². The van der Waals surface area contributed by atoms with Gasteiger partial charge in [-0.2, -0.15) is 0 Å². The highest BCUT2D eigenvalue weighted by atomic mass is 35.5. The van der Waals surface area contributed by atoms with Gasteiger partial charge in [0.05, 0.1) is 17.8 Å². The Morgan fingerprint density at radius 3 is 2.76 bits per heavy atom. The van der Waals surface area contributed by atoms with E-state index in [1.807, 2.05) is 24.3 Å². The van der Waals surface area contributed by atoms with Crippen LogP contribution in [0.4, 0.5) is 11.4 Å². The molecular formula is C16H17ClN2O2. The number of nitrogens with two attached hydrogens (primary N) is 1. The van der Waals surface area contributed by atoms with Crippen molar-refractivity contribution in [3.63, 3.8) is 0 Å². The summed E-state index contributed by atoms with van der Waals surface area (Å²) in [4.78, 5) is 12.0. The number of halogens is 1. The Hall–Kier alpha value is -2.20. The van der Waals surface area contributed by atoms with E-state index in [4.69, 9.17) is 22.1 Å². The summed E-state index contributed by atoms with van der Waals surface area (Å²) in [5.41, 5.74) is 8.06. The number of aryl methyl sites for hydroxylation is 1. The van der Waals surface area contributed by atoms with Gasteiger partial charge >= 0.3 is 0 Å². The van der Waals surface area contributed by atoms with E-state index in [0.29, 0.717) is 35.0 Å². The molecule has 0 unspecified atom stereocenters. The molecule has 0 spiro atoms. The van der Waals surface area contributed by atoms with E-state index >= 15 is 0 Å². The van der Waals surface area contributed by atoms with Gasteiger partial charge in [-0.1, -0.05) is 29.8 Å². The second-order valence-corrected chi connectivity index (χ2v) is 5.00. The van der Waals surface area contributed by atoms with Crippen molar-refractivity contribution in [3.05, 3.63) is 53.1 Å². The van der Waals surface area contributed by atoms with Crippen molar-refractivity contribution in [3.8, 4) is 5.75 Å². The third-order valence-electron chi connectivity index (χ3n) is 3.12. The third kappa shape index (κ3) is 4.13. The molecule has 0 aliphatic heterocycles. The molecule has 2 aromatic rings. The average Bonchev–Trinajstić information content (AvgIpc) is 2.48. The molecule has 0 atom stereocenters. The number of rotatable bonds is 5. The monoisotopic (exact) mass is 304 g/mol. The predicted octanol–water partition coefficient (Wildman–Crippen LogP) is 3.50. The van der Waals surface area contributed by atoms with E-state index in [1.54, 1.807) is 25.3 Å². The number of nitrogen functional groups attached to an aromatic ring is 1. The van der Waals surface area contributed by atoms with E-state index in [-0.39, 0.29) is 5.91 Å². The Balaban J connectivity index is 1.97. The summed E-state index contributed by atoms with van der Waals surface area (Å²) in [6.07, 6.45) is 0.918. The highest BCUT2D eigenvalue weighted by Crippen LogP contribution is 2.26. The number of carbonyl (C=O) groups excluding carboxylic acids is 1. The molecule has 0 aliphatic carbocycles. The molecule has 0 saturated carbocycles. The summed E-state index contributed by atoms with van der Waals surface area (Å²) in [6.45, 7) is 0. The van der Waals surface area contributed by atoms with Crippen molar-refractivity contribution in [1.82, 2.24) is 0 Å². The van der Waals surface area contributed by atoms with Gasteiger partial charge in [0.1, 0.15) is 5.75 Å². The van der Waals surface area contributed by atoms with Crippen molar-refractivity contribution in [2.75, 3.05) is 18.2 Å². The smallest absolute Gasteiger partial charge is 0.224 e. The maximum atomic E-state index is 12.0. The minimum Gasteiger partial charge on any atom is -0.497 e. The average molecular weight is 305 g/mol. The first-order valence-electron chi connectivity index (χ1n) is 6.57. The fraction of sp³-hybridized carbons (Fsp3) is 0.188. The second-order valence-electron chi connectivity index (χ2n) is 4.59. The molecule has 0 bridgehead atoms. The Labute approximate surface area is 128 Å². The van der Waals surface area contributed by atoms with Gasteiger partial charge in [0, 0.05) is 18.2 Å². The van der Waals surface area contributed by atoms with Crippen LogP contribution >= 0.6 is 11.6 Å². The fourth-order valence-corrected chi connectivity index (χ4v) is 2.11. The van der Waals surface area contributed by atoms with Crippen LogP contribution in [0.5, 0.6) is 5.75 Å². The van der Waals surface area contributed by atoms with Crippen molar-refractivity contribution in [1.29, 1.82) is 0 Å². The summed E-state index contributed by atoms with van der Waals surface area (Å²) in [5, 5.41) is 3.26. The first-order valence-corrected chi connectivity index (χ1v) is 6.94. The highest BCUT2D eigenvalue weighted by Gasteiger charge is 2.08. The van der Waals surface area contributed by atoms with Crippen LogP contribution in [0, 0.1) is 0 Å². The molecular weight excluding hydrogens is 288 g/mol. The number of anilines is 2. The van der Waals surface area contributed by atoms with Crippen molar-refractivity contribution < 1.29 is 9.53 Å². The first-order chi connectivity index (χ1) is 10.1. The van der Waals surface area contributed by atoms with E-state index in [9.17, 15) is 4.79 Å². The molecule has 0 saturated heterocycles. The quantitative estimate of drug-likeness (QED) is 0.831. The number of methoxy groups -OCH3 is 1. The zero-order valence-corrected chi connectivity index (χ0v) is 12.5. The van der Waals surface area contributed by atoms with Crippen LogP contribution in [0.1, 0.15) is 12.0 Å². The van der Waals surface area contributed by atoms with E-state index in [0.717, 1.165) is 5.56 Å². The molecule has 2 aromatic carbocycles. The summed E-state index contributed by atoms with van der Waals surface area (Å²) in [5.74, 6) is 0.524. The minimum atomic E-state index is -0.117. The number of amides is 1. The molecule has 1 amide bonds. The zero-order chi connectivity index (χ0) is 15.2. The lowest BCUT2D eigenvalue weighted by molar-refractivity contribution is -0.116. The van der Waals surface area contributed by atoms with Crippen LogP contribution in [-0.2, 0) is 11.2 Å². The standard InChI is InChI=1S/C16H17ClN2O2/c1-21-12-7-8-13(17)15(10-12)19-16(20)9-6-11-4-2-3-5-14(11)18/h2-5,7-8,10H,6,9,18H2,1H3,(H,19,20). The summed E-state index contributed by atoms with van der Waals surface area (Å²) >= 11 is 6.05. The summed E-state index contributed by atoms with van der Waals surface area (Å²) in [6, 6.07) is 12.6. The van der Waals surface area contributed by atoms with Gasteiger partial charge in [0.15, 0.2) is 0 Å². The Morgan fingerprint density at radius 1 is 1.29 bits per heavy atom. The van der Waals surface area contributed by atoms with Gasteiger partial charge in [0.2, 0.25) is 5.91 Å². The SMILES string of the molecule is COc1ccc(Cl)c(NC(=O)CCc2ccccc2N)c1. The van der Waals surface area contributed by atoms with Gasteiger partial charge < -0.3 is 15.8 Å². The maximum absolute atomic E-state index is 12.0. The Morgan fingerprint density at radius 2 is 2.05 bits per heavy atom. The predicted molar refractivity (Wildman–Crippen MR) is 85.8 cm³/mol. The number of hydrogen-bond acceptors (Lipinski definition) is 3. The number of carbonyl (C=O) groups is 1. The van der Waals surface area contributed by atoms with E-state index in [1.165, 1.54) is 0 Å². The molecule has 21 heavy (non-hydrogen) atoms. The number of nitrogens with one attached hydrogen (secondary N) is 1. The van der Waals surface area contributed by atoms with Crippen LogP contribution in [-0.4, -0.2) is 13.0 Å². The number of benzene rings is 2. The van der Waals surface area contributed by atoms with Gasteiger partial charge in [-0.3, -0.25) is 4.79 Å². The molecule has 5 heteroatoms. The minimum absolute atomic E-state index is 0.117. The second kappa shape index (κ2) is 6.99. The van der Waals surface area contributed by atoms with Crippen LogP contribution in [0.15, 0.2) is 42.5 Å². The summed E-state index contributed by atoms with van der Waals surface area (Å²) < 4.78 is 5.11. The number of para-hydroxylation sites is 1. The van der Waals surface area contributed by atoms with Crippen LogP contribution in [0.25, 0.3) is 0 Å². The van der Waals surface area contributed by atoms with Gasteiger partial charge in [-0.25, -0.2) is 0 Å². The molecule has 0 aliphatic rings. The number of hydrogen-bond donors (Lipinski definition) is 2. The van der Waals surface area contributed by atoms with E-state index in [2.05, 4.69) is 5.32 Å². The van der Waals surface area contributed by atoms with Crippen molar-refractivity contribution in [2.24, 2.45) is 0 Å². The molecule has 0 heterocycles. The number of ether oxygens (including phenoxy) is 1. The van der Waals surface area contributed by atoms with Crippen molar-refractivity contribution in [2.45, 2.75) is 12.8 Å². The van der Waals surface area contributed by atoms with Crippen molar-refractivity contribution >= 4 is 28.9 Å². The maximum Gasteiger partial charge on any atom is 0.224 e. The Bertz CT molecular complexity index is 644. The molecule has 3 N–H and O–H groups in total. The van der Waals surface area contributed by atoms with Crippen LogP contribution < -0.4 is 15.8 Å². The zero-order valence-electron chi connectivity index (χ0n) is 11.7.